The molecule has 5 nitrogen and oxygen atoms in total. The van der Waals surface area contributed by atoms with Gasteiger partial charge in [-0.3, -0.25) is 10.5 Å². The normalized spacial score (nSPS) is 14.1. The molecule has 1 heterocycles. The quantitative estimate of drug-likeness (QED) is 0.455. The van der Waals surface area contributed by atoms with E-state index in [1.165, 1.54) is 10.9 Å². The lowest BCUT2D eigenvalue weighted by atomic mass is 10.2. The Labute approximate surface area is 111 Å². The molecule has 0 aliphatic heterocycles. The van der Waals surface area contributed by atoms with E-state index in [4.69, 9.17) is 17.4 Å². The third kappa shape index (κ3) is 4.03. The van der Waals surface area contributed by atoms with E-state index in [0.717, 1.165) is 0 Å². The first kappa shape index (κ1) is 16.2. The lowest BCUT2D eigenvalue weighted by Gasteiger charge is -2.20. The highest BCUT2D eigenvalue weighted by Gasteiger charge is 2.41. The SMILES string of the molecule is Cn1ncc(Cl)c1C(COCC(F)(F)C(F)F)NN. The molecular formula is C9H13ClF4N4O. The minimum absolute atomic E-state index is 0.259. The largest absolute Gasteiger partial charge is 0.373 e. The zero-order valence-corrected chi connectivity index (χ0v) is 10.7. The molecule has 0 bridgehead atoms. The van der Waals surface area contributed by atoms with Crippen LogP contribution in [-0.2, 0) is 11.8 Å². The number of hydrogen-bond donors (Lipinski definition) is 2. The summed E-state index contributed by atoms with van der Waals surface area (Å²) in [6.07, 6.45) is -2.44. The highest BCUT2D eigenvalue weighted by Crippen LogP contribution is 2.25. The van der Waals surface area contributed by atoms with Crippen molar-refractivity contribution in [2.75, 3.05) is 13.2 Å². The second-order valence-corrected chi connectivity index (χ2v) is 4.20. The molecule has 1 aromatic rings. The molecule has 1 atom stereocenters. The molecule has 110 valence electrons. The number of hydrazine groups is 1. The molecule has 0 saturated carbocycles. The number of nitrogens with two attached hydrogens (primary N) is 1. The number of hydrogen-bond acceptors (Lipinski definition) is 4. The van der Waals surface area contributed by atoms with Crippen molar-refractivity contribution < 1.29 is 22.3 Å². The van der Waals surface area contributed by atoms with Gasteiger partial charge < -0.3 is 4.74 Å². The smallest absolute Gasteiger partial charge is 0.330 e. The van der Waals surface area contributed by atoms with Gasteiger partial charge in [0.15, 0.2) is 0 Å². The molecule has 0 aliphatic carbocycles. The Bertz CT molecular complexity index is 395. The van der Waals surface area contributed by atoms with E-state index in [9.17, 15) is 17.6 Å². The predicted molar refractivity (Wildman–Crippen MR) is 60.1 cm³/mol. The summed E-state index contributed by atoms with van der Waals surface area (Å²) in [7, 11) is 1.57. The molecule has 0 aromatic carbocycles. The summed E-state index contributed by atoms with van der Waals surface area (Å²) >= 11 is 5.84. The number of ether oxygens (including phenoxy) is 1. The Kier molecular flexibility index (Phi) is 5.53. The van der Waals surface area contributed by atoms with Crippen LogP contribution in [0, 0.1) is 0 Å². The first-order chi connectivity index (χ1) is 8.79. The lowest BCUT2D eigenvalue weighted by molar-refractivity contribution is -0.167. The summed E-state index contributed by atoms with van der Waals surface area (Å²) in [4.78, 5) is 0. The van der Waals surface area contributed by atoms with Crippen LogP contribution in [0.25, 0.3) is 0 Å². The Balaban J connectivity index is 2.60. The number of nitrogens with zero attached hydrogens (tertiary/aromatic N) is 2. The van der Waals surface area contributed by atoms with Crippen molar-refractivity contribution in [1.82, 2.24) is 15.2 Å². The topological polar surface area (TPSA) is 65.1 Å². The van der Waals surface area contributed by atoms with E-state index in [2.05, 4.69) is 15.3 Å². The van der Waals surface area contributed by atoms with E-state index in [1.54, 1.807) is 7.05 Å². The molecule has 1 unspecified atom stereocenters. The van der Waals surface area contributed by atoms with Crippen LogP contribution in [0.1, 0.15) is 11.7 Å². The summed E-state index contributed by atoms with van der Waals surface area (Å²) in [5.41, 5.74) is 2.71. The maximum atomic E-state index is 12.6. The van der Waals surface area contributed by atoms with Crippen LogP contribution in [-0.4, -0.2) is 35.3 Å². The van der Waals surface area contributed by atoms with Gasteiger partial charge in [0.25, 0.3) is 0 Å². The summed E-state index contributed by atoms with van der Waals surface area (Å²) in [6.45, 7) is -1.75. The first-order valence-corrected chi connectivity index (χ1v) is 5.54. The highest BCUT2D eigenvalue weighted by atomic mass is 35.5. The maximum Gasteiger partial charge on any atom is 0.330 e. The van der Waals surface area contributed by atoms with Gasteiger partial charge in [0.1, 0.15) is 6.61 Å². The molecule has 0 amide bonds. The van der Waals surface area contributed by atoms with Crippen LogP contribution in [0.5, 0.6) is 0 Å². The fraction of sp³-hybridized carbons (Fsp3) is 0.667. The van der Waals surface area contributed by atoms with Crippen LogP contribution in [0.15, 0.2) is 6.20 Å². The molecule has 3 N–H and O–H groups in total. The minimum Gasteiger partial charge on any atom is -0.373 e. The van der Waals surface area contributed by atoms with Crippen molar-refractivity contribution in [3.8, 4) is 0 Å². The molecule has 1 aromatic heterocycles. The predicted octanol–water partition coefficient (Wildman–Crippen LogP) is 1.49. The number of aryl methyl sites for hydroxylation is 1. The Morgan fingerprint density at radius 3 is 2.63 bits per heavy atom. The van der Waals surface area contributed by atoms with Gasteiger partial charge in [-0.05, 0) is 0 Å². The third-order valence-electron chi connectivity index (χ3n) is 2.37. The fourth-order valence-corrected chi connectivity index (χ4v) is 1.69. The second-order valence-electron chi connectivity index (χ2n) is 3.80. The second kappa shape index (κ2) is 6.51. The van der Waals surface area contributed by atoms with Gasteiger partial charge in [0.2, 0.25) is 0 Å². The molecule has 0 fully saturated rings. The molecule has 0 radical (unpaired) electrons. The third-order valence-corrected chi connectivity index (χ3v) is 2.66. The molecular weight excluding hydrogens is 292 g/mol. The zero-order valence-electron chi connectivity index (χ0n) is 9.92. The summed E-state index contributed by atoms with van der Waals surface area (Å²) in [5, 5.41) is 4.09. The van der Waals surface area contributed by atoms with Gasteiger partial charge in [0, 0.05) is 7.05 Å². The van der Waals surface area contributed by atoms with Crippen LogP contribution in [0.3, 0.4) is 0 Å². The van der Waals surface area contributed by atoms with E-state index >= 15 is 0 Å². The van der Waals surface area contributed by atoms with Crippen molar-refractivity contribution in [1.29, 1.82) is 0 Å². The van der Waals surface area contributed by atoms with Crippen molar-refractivity contribution in [2.24, 2.45) is 12.9 Å². The number of halogens is 5. The van der Waals surface area contributed by atoms with Gasteiger partial charge in [-0.1, -0.05) is 11.6 Å². The fourth-order valence-electron chi connectivity index (χ4n) is 1.39. The molecule has 0 aliphatic rings. The van der Waals surface area contributed by atoms with Gasteiger partial charge >= 0.3 is 12.3 Å². The van der Waals surface area contributed by atoms with Gasteiger partial charge in [0.05, 0.1) is 29.6 Å². The Hall–Kier alpha value is -0.900. The van der Waals surface area contributed by atoms with Gasteiger partial charge in [-0.25, -0.2) is 14.2 Å². The molecule has 0 spiro atoms. The summed E-state index contributed by atoms with van der Waals surface area (Å²) in [6, 6.07) is -0.742. The van der Waals surface area contributed by atoms with Crippen LogP contribution in [0.4, 0.5) is 17.6 Å². The van der Waals surface area contributed by atoms with E-state index in [0.29, 0.717) is 5.69 Å². The average molecular weight is 305 g/mol. The highest BCUT2D eigenvalue weighted by molar-refractivity contribution is 6.31. The molecule has 0 saturated heterocycles. The van der Waals surface area contributed by atoms with E-state index < -0.39 is 25.0 Å². The summed E-state index contributed by atoms with van der Waals surface area (Å²) < 4.78 is 55.0. The molecule has 1 rings (SSSR count). The number of rotatable bonds is 7. The Morgan fingerprint density at radius 2 is 2.21 bits per heavy atom. The van der Waals surface area contributed by atoms with Crippen molar-refractivity contribution in [3.05, 3.63) is 16.9 Å². The van der Waals surface area contributed by atoms with Gasteiger partial charge in [-0.15, -0.1) is 0 Å². The first-order valence-electron chi connectivity index (χ1n) is 5.16. The standard InChI is InChI=1S/C9H13ClF4N4O/c1-18-7(5(10)2-16-18)6(17-15)3-19-4-9(13,14)8(11)12/h2,6,8,17H,3-4,15H2,1H3. The van der Waals surface area contributed by atoms with Crippen LogP contribution >= 0.6 is 11.6 Å². The Morgan fingerprint density at radius 1 is 1.58 bits per heavy atom. The van der Waals surface area contributed by atoms with Crippen molar-refractivity contribution in [2.45, 2.75) is 18.4 Å². The van der Waals surface area contributed by atoms with Crippen LogP contribution in [0.2, 0.25) is 5.02 Å². The van der Waals surface area contributed by atoms with Crippen LogP contribution < -0.4 is 11.3 Å². The van der Waals surface area contributed by atoms with E-state index in [1.807, 2.05) is 0 Å². The minimum atomic E-state index is -4.20. The van der Waals surface area contributed by atoms with Gasteiger partial charge in [-0.2, -0.15) is 13.9 Å². The average Bonchev–Trinajstić information content (AvgIpc) is 2.65. The zero-order chi connectivity index (χ0) is 14.6. The van der Waals surface area contributed by atoms with Crippen molar-refractivity contribution in [3.63, 3.8) is 0 Å². The molecule has 10 heteroatoms. The monoisotopic (exact) mass is 304 g/mol. The number of nitrogens with one attached hydrogen (secondary N) is 1. The van der Waals surface area contributed by atoms with E-state index in [-0.39, 0.29) is 11.6 Å². The summed E-state index contributed by atoms with van der Waals surface area (Å²) in [5.74, 6) is 1.05. The number of alkyl halides is 4. The maximum absolute atomic E-state index is 12.6. The molecule has 19 heavy (non-hydrogen) atoms. The van der Waals surface area contributed by atoms with Crippen molar-refractivity contribution >= 4 is 11.6 Å². The number of aromatic nitrogens is 2. The lowest BCUT2D eigenvalue weighted by Crippen LogP contribution is -2.37.